The first-order chi connectivity index (χ1) is 14.9. The molecule has 2 amide bonds. The number of sulfone groups is 1. The second kappa shape index (κ2) is 8.69. The molecular weight excluding hydrogens is 451 g/mol. The van der Waals surface area contributed by atoms with Crippen molar-refractivity contribution in [2.24, 2.45) is 5.73 Å². The van der Waals surface area contributed by atoms with Crippen molar-refractivity contribution in [2.75, 3.05) is 24.7 Å². The van der Waals surface area contributed by atoms with Gasteiger partial charge in [0, 0.05) is 12.8 Å². The van der Waals surface area contributed by atoms with Crippen LogP contribution in [0.2, 0.25) is 0 Å². The third kappa shape index (κ3) is 5.31. The van der Waals surface area contributed by atoms with Crippen LogP contribution in [0.4, 0.5) is 18.9 Å². The summed E-state index contributed by atoms with van der Waals surface area (Å²) < 4.78 is 69.0. The number of benzene rings is 2. The average molecular weight is 471 g/mol. The molecule has 0 saturated heterocycles. The summed E-state index contributed by atoms with van der Waals surface area (Å²) in [5, 5.41) is 2.97. The number of hydrogen-bond acceptors (Lipinski definition) is 6. The first-order valence-electron chi connectivity index (χ1n) is 9.33. The summed E-state index contributed by atoms with van der Waals surface area (Å²) in [5.41, 5.74) is 5.88. The van der Waals surface area contributed by atoms with E-state index in [2.05, 4.69) is 5.32 Å². The van der Waals surface area contributed by atoms with Crippen LogP contribution in [-0.2, 0) is 19.4 Å². The van der Waals surface area contributed by atoms with Crippen LogP contribution in [0.1, 0.15) is 11.7 Å². The van der Waals surface area contributed by atoms with Gasteiger partial charge in [0.15, 0.2) is 9.84 Å². The Morgan fingerprint density at radius 1 is 1.16 bits per heavy atom. The fourth-order valence-electron chi connectivity index (χ4n) is 3.36. The SMILES string of the molecule is CS(=O)(=O)c1ccc2c(c1)NC(CN(CC(N)=O)C(=O)C(F)(F)F)C(c1ccccc1)O2. The van der Waals surface area contributed by atoms with E-state index in [4.69, 9.17) is 10.5 Å². The van der Waals surface area contributed by atoms with E-state index in [0.717, 1.165) is 6.26 Å². The molecule has 32 heavy (non-hydrogen) atoms. The van der Waals surface area contributed by atoms with Crippen molar-refractivity contribution in [3.63, 3.8) is 0 Å². The van der Waals surface area contributed by atoms with Crippen LogP contribution >= 0.6 is 0 Å². The molecule has 3 N–H and O–H groups in total. The van der Waals surface area contributed by atoms with Gasteiger partial charge >= 0.3 is 12.1 Å². The topological polar surface area (TPSA) is 119 Å². The molecule has 1 heterocycles. The number of carbonyl (C=O) groups excluding carboxylic acids is 2. The molecule has 1 aliphatic rings. The van der Waals surface area contributed by atoms with Crippen LogP contribution in [0.3, 0.4) is 0 Å². The highest BCUT2D eigenvalue weighted by Gasteiger charge is 2.44. The first-order valence-corrected chi connectivity index (χ1v) is 11.2. The third-order valence-corrected chi connectivity index (χ3v) is 5.87. The lowest BCUT2D eigenvalue weighted by Gasteiger charge is -2.38. The monoisotopic (exact) mass is 471 g/mol. The number of primary amides is 1. The Morgan fingerprint density at radius 3 is 2.38 bits per heavy atom. The highest BCUT2D eigenvalue weighted by atomic mass is 32.2. The maximum Gasteiger partial charge on any atom is 0.471 e. The highest BCUT2D eigenvalue weighted by molar-refractivity contribution is 7.90. The zero-order valence-electron chi connectivity index (χ0n) is 16.8. The summed E-state index contributed by atoms with van der Waals surface area (Å²) in [4.78, 5) is 23.5. The lowest BCUT2D eigenvalue weighted by atomic mass is 9.99. The summed E-state index contributed by atoms with van der Waals surface area (Å²) in [5.74, 6) is -3.05. The van der Waals surface area contributed by atoms with Crippen LogP contribution in [0.15, 0.2) is 53.4 Å². The van der Waals surface area contributed by atoms with Gasteiger partial charge in [-0.05, 0) is 23.8 Å². The summed E-state index contributed by atoms with van der Waals surface area (Å²) in [6.45, 7) is -1.53. The largest absolute Gasteiger partial charge is 0.481 e. The molecule has 0 saturated carbocycles. The summed E-state index contributed by atoms with van der Waals surface area (Å²) >= 11 is 0. The fourth-order valence-corrected chi connectivity index (χ4v) is 4.01. The molecule has 0 fully saturated rings. The molecule has 0 spiro atoms. The fraction of sp³-hybridized carbons (Fsp3) is 0.300. The standard InChI is InChI=1S/C20H20F3N3O5S/c1-32(29,30)13-7-8-16-14(9-13)25-15(18(31-16)12-5-3-2-4-6-12)10-26(11-17(24)27)19(28)20(21,22)23/h2-9,15,18,25H,10-11H2,1H3,(H2,24,27). The zero-order chi connectivity index (χ0) is 23.7. The van der Waals surface area contributed by atoms with E-state index in [0.29, 0.717) is 10.5 Å². The Bertz CT molecular complexity index is 1120. The van der Waals surface area contributed by atoms with Crippen molar-refractivity contribution < 1.29 is 35.9 Å². The van der Waals surface area contributed by atoms with Crippen LogP contribution in [-0.4, -0.2) is 56.7 Å². The third-order valence-electron chi connectivity index (χ3n) is 4.76. The van der Waals surface area contributed by atoms with E-state index in [1.807, 2.05) is 0 Å². The smallest absolute Gasteiger partial charge is 0.471 e. The Kier molecular flexibility index (Phi) is 6.35. The van der Waals surface area contributed by atoms with Gasteiger partial charge in [-0.15, -0.1) is 0 Å². The Labute approximate surface area is 182 Å². The minimum absolute atomic E-state index is 0.0235. The second-order valence-electron chi connectivity index (χ2n) is 7.28. The van der Waals surface area contributed by atoms with E-state index in [1.54, 1.807) is 30.3 Å². The predicted octanol–water partition coefficient (Wildman–Crippen LogP) is 1.88. The van der Waals surface area contributed by atoms with Gasteiger partial charge in [-0.2, -0.15) is 13.2 Å². The minimum atomic E-state index is -5.21. The van der Waals surface area contributed by atoms with Crippen LogP contribution in [0.5, 0.6) is 5.75 Å². The lowest BCUT2D eigenvalue weighted by Crippen LogP contribution is -2.52. The Morgan fingerprint density at radius 2 is 1.81 bits per heavy atom. The zero-order valence-corrected chi connectivity index (χ0v) is 17.6. The van der Waals surface area contributed by atoms with Gasteiger partial charge < -0.3 is 20.7 Å². The van der Waals surface area contributed by atoms with Gasteiger partial charge in [-0.3, -0.25) is 9.59 Å². The summed E-state index contributed by atoms with van der Waals surface area (Å²) in [7, 11) is -3.56. The molecule has 8 nitrogen and oxygen atoms in total. The van der Waals surface area contributed by atoms with E-state index < -0.39 is 53.1 Å². The number of anilines is 1. The number of ether oxygens (including phenoxy) is 1. The van der Waals surface area contributed by atoms with Gasteiger partial charge in [0.1, 0.15) is 11.9 Å². The first kappa shape index (κ1) is 23.4. The number of fused-ring (bicyclic) bond motifs is 1. The number of nitrogens with one attached hydrogen (secondary N) is 1. The normalized spacial score (nSPS) is 18.1. The Balaban J connectivity index is 2.01. The molecule has 2 unspecified atom stereocenters. The van der Waals surface area contributed by atoms with E-state index in [-0.39, 0.29) is 16.3 Å². The van der Waals surface area contributed by atoms with E-state index in [1.165, 1.54) is 18.2 Å². The number of hydrogen-bond donors (Lipinski definition) is 2. The minimum Gasteiger partial charge on any atom is -0.481 e. The molecule has 0 aliphatic carbocycles. The molecule has 3 rings (SSSR count). The highest BCUT2D eigenvalue weighted by Crippen LogP contribution is 2.39. The van der Waals surface area contributed by atoms with Crippen molar-refractivity contribution in [2.45, 2.75) is 23.2 Å². The van der Waals surface area contributed by atoms with E-state index in [9.17, 15) is 31.2 Å². The number of nitrogens with zero attached hydrogens (tertiary/aromatic N) is 1. The molecule has 2 aromatic carbocycles. The molecule has 2 atom stereocenters. The maximum atomic E-state index is 13.1. The lowest BCUT2D eigenvalue weighted by molar-refractivity contribution is -0.186. The second-order valence-corrected chi connectivity index (χ2v) is 9.30. The van der Waals surface area contributed by atoms with Gasteiger partial charge in [-0.25, -0.2) is 8.42 Å². The maximum absolute atomic E-state index is 13.1. The molecule has 0 bridgehead atoms. The van der Waals surface area contributed by atoms with Gasteiger partial charge in [0.05, 0.1) is 23.2 Å². The molecule has 0 radical (unpaired) electrons. The number of halogens is 3. The van der Waals surface area contributed by atoms with Gasteiger partial charge in [0.2, 0.25) is 5.91 Å². The van der Waals surface area contributed by atoms with Crippen LogP contribution in [0, 0.1) is 0 Å². The van der Waals surface area contributed by atoms with E-state index >= 15 is 0 Å². The van der Waals surface area contributed by atoms with Crippen molar-refractivity contribution >= 4 is 27.3 Å². The number of rotatable bonds is 6. The van der Waals surface area contributed by atoms with Crippen molar-refractivity contribution in [1.29, 1.82) is 0 Å². The molecule has 12 heteroatoms. The van der Waals surface area contributed by atoms with Crippen LogP contribution in [0.25, 0.3) is 0 Å². The molecule has 1 aliphatic heterocycles. The van der Waals surface area contributed by atoms with Gasteiger partial charge in [-0.1, -0.05) is 30.3 Å². The van der Waals surface area contributed by atoms with Crippen molar-refractivity contribution in [3.05, 3.63) is 54.1 Å². The molecular formula is C20H20F3N3O5S. The number of carbonyl (C=O) groups is 2. The summed E-state index contributed by atoms with van der Waals surface area (Å²) in [6.07, 6.45) is -5.04. The van der Waals surface area contributed by atoms with Crippen molar-refractivity contribution in [3.8, 4) is 5.75 Å². The number of nitrogens with two attached hydrogens (primary N) is 1. The quantitative estimate of drug-likeness (QED) is 0.664. The number of alkyl halides is 3. The molecule has 2 aromatic rings. The predicted molar refractivity (Wildman–Crippen MR) is 109 cm³/mol. The number of amides is 2. The molecule has 172 valence electrons. The van der Waals surface area contributed by atoms with Gasteiger partial charge in [0.25, 0.3) is 0 Å². The van der Waals surface area contributed by atoms with Crippen LogP contribution < -0.4 is 15.8 Å². The molecule has 0 aromatic heterocycles. The summed E-state index contributed by atoms with van der Waals surface area (Å²) in [6, 6.07) is 11.7. The average Bonchev–Trinajstić information content (AvgIpc) is 2.70. The Hall–Kier alpha value is -3.28. The van der Waals surface area contributed by atoms with Crippen molar-refractivity contribution in [1.82, 2.24) is 4.90 Å².